The fourth-order valence-corrected chi connectivity index (χ4v) is 2.90. The predicted molar refractivity (Wildman–Crippen MR) is 83.5 cm³/mol. The van der Waals surface area contributed by atoms with Crippen molar-refractivity contribution in [3.63, 3.8) is 0 Å². The van der Waals surface area contributed by atoms with Gasteiger partial charge in [0.05, 0.1) is 22.8 Å². The summed E-state index contributed by atoms with van der Waals surface area (Å²) in [6.45, 7) is 2.27. The lowest BCUT2D eigenvalue weighted by Crippen LogP contribution is -2.13. The Morgan fingerprint density at radius 2 is 1.83 bits per heavy atom. The molecule has 2 rings (SSSR count). The van der Waals surface area contributed by atoms with E-state index < -0.39 is 16.0 Å². The molecule has 0 fully saturated rings. The molecule has 23 heavy (non-hydrogen) atoms. The number of phenols is 1. The average molecular weight is 337 g/mol. The minimum absolute atomic E-state index is 0.0407. The number of ether oxygens (including phenoxy) is 1. The molecule has 0 unspecified atom stereocenters. The van der Waals surface area contributed by atoms with Crippen LogP contribution in [0.2, 0.25) is 0 Å². The molecular weight excluding hydrogens is 322 g/mol. The summed E-state index contributed by atoms with van der Waals surface area (Å²) in [6, 6.07) is 9.05. The average Bonchev–Trinajstić information content (AvgIpc) is 2.50. The van der Waals surface area contributed by atoms with Gasteiger partial charge in [0.15, 0.2) is 0 Å². The molecule has 8 heteroatoms. The maximum absolute atomic E-state index is 12.3. The lowest BCUT2D eigenvalue weighted by Gasteiger charge is -2.11. The Morgan fingerprint density at radius 1 is 1.17 bits per heavy atom. The third-order valence-electron chi connectivity index (χ3n) is 2.93. The maximum atomic E-state index is 12.3. The van der Waals surface area contributed by atoms with Gasteiger partial charge in [-0.25, -0.2) is 13.2 Å². The molecule has 7 nitrogen and oxygen atoms in total. The highest BCUT2D eigenvalue weighted by molar-refractivity contribution is 7.92. The van der Waals surface area contributed by atoms with Crippen LogP contribution in [-0.2, 0) is 10.0 Å². The van der Waals surface area contributed by atoms with Crippen LogP contribution >= 0.6 is 0 Å². The number of phenolic OH excluding ortho intramolecular Hbond substituents is 1. The van der Waals surface area contributed by atoms with Gasteiger partial charge in [-0.1, -0.05) is 0 Å². The molecule has 3 N–H and O–H groups in total. The van der Waals surface area contributed by atoms with Crippen molar-refractivity contribution in [3.05, 3.63) is 48.0 Å². The third-order valence-corrected chi connectivity index (χ3v) is 4.31. The Hall–Kier alpha value is -2.74. The van der Waals surface area contributed by atoms with Crippen LogP contribution < -0.4 is 9.46 Å². The summed E-state index contributed by atoms with van der Waals surface area (Å²) in [4.78, 5) is 10.9. The van der Waals surface area contributed by atoms with Crippen LogP contribution in [0.15, 0.2) is 47.4 Å². The van der Waals surface area contributed by atoms with Gasteiger partial charge in [-0.3, -0.25) is 4.72 Å². The maximum Gasteiger partial charge on any atom is 0.335 e. The molecule has 0 amide bonds. The van der Waals surface area contributed by atoms with E-state index in [9.17, 15) is 18.3 Å². The zero-order chi connectivity index (χ0) is 17.0. The topological polar surface area (TPSA) is 113 Å². The fourth-order valence-electron chi connectivity index (χ4n) is 1.84. The lowest BCUT2D eigenvalue weighted by atomic mass is 10.2. The number of sulfonamides is 1. The minimum Gasteiger partial charge on any atom is -0.506 e. The Morgan fingerprint density at radius 3 is 2.39 bits per heavy atom. The molecule has 0 radical (unpaired) electrons. The van der Waals surface area contributed by atoms with Crippen molar-refractivity contribution in [1.29, 1.82) is 0 Å². The molecular formula is C15H15NO6S. The van der Waals surface area contributed by atoms with Gasteiger partial charge < -0.3 is 14.9 Å². The van der Waals surface area contributed by atoms with Gasteiger partial charge in [0.25, 0.3) is 10.0 Å². The molecule has 0 spiro atoms. The molecule has 122 valence electrons. The predicted octanol–water partition coefficient (Wildman–Crippen LogP) is 2.29. The summed E-state index contributed by atoms with van der Waals surface area (Å²) < 4.78 is 32.0. The number of carboxylic acid groups (broad SMARTS) is 1. The highest BCUT2D eigenvalue weighted by Crippen LogP contribution is 2.27. The first kappa shape index (κ1) is 16.6. The minimum atomic E-state index is -3.97. The third kappa shape index (κ3) is 3.92. The summed E-state index contributed by atoms with van der Waals surface area (Å²) in [6.07, 6.45) is 0. The first-order chi connectivity index (χ1) is 10.8. The number of aromatic hydroxyl groups is 1. The molecule has 0 aliphatic heterocycles. The SMILES string of the molecule is CCOc1ccc(S(=O)(=O)Nc2cc(C(=O)O)ccc2O)cc1. The van der Waals surface area contributed by atoms with Gasteiger partial charge in [-0.05, 0) is 49.4 Å². The second-order valence-electron chi connectivity index (χ2n) is 4.55. The highest BCUT2D eigenvalue weighted by atomic mass is 32.2. The van der Waals surface area contributed by atoms with Crippen molar-refractivity contribution in [3.8, 4) is 11.5 Å². The second-order valence-corrected chi connectivity index (χ2v) is 6.23. The van der Waals surface area contributed by atoms with Gasteiger partial charge in [0.2, 0.25) is 0 Å². The van der Waals surface area contributed by atoms with E-state index in [1.54, 1.807) is 0 Å². The smallest absolute Gasteiger partial charge is 0.335 e. The van der Waals surface area contributed by atoms with E-state index in [0.717, 1.165) is 12.1 Å². The molecule has 0 bridgehead atoms. The monoisotopic (exact) mass is 337 g/mol. The van der Waals surface area contributed by atoms with Crippen LogP contribution in [0.3, 0.4) is 0 Å². The first-order valence-corrected chi connectivity index (χ1v) is 8.14. The van der Waals surface area contributed by atoms with Crippen molar-refractivity contribution < 1.29 is 28.2 Å². The number of carbonyl (C=O) groups is 1. The van der Waals surface area contributed by atoms with Crippen LogP contribution in [0, 0.1) is 0 Å². The number of hydrogen-bond donors (Lipinski definition) is 3. The summed E-state index contributed by atoms with van der Waals surface area (Å²) in [7, 11) is -3.97. The molecule has 0 heterocycles. The van der Waals surface area contributed by atoms with Gasteiger partial charge >= 0.3 is 5.97 Å². The Kier molecular flexibility index (Phi) is 4.75. The van der Waals surface area contributed by atoms with Gasteiger partial charge in [-0.15, -0.1) is 0 Å². The molecule has 0 atom stereocenters. The van der Waals surface area contributed by atoms with Gasteiger partial charge in [0, 0.05) is 0 Å². The van der Waals surface area contributed by atoms with Crippen molar-refractivity contribution in [2.75, 3.05) is 11.3 Å². The van der Waals surface area contributed by atoms with E-state index in [-0.39, 0.29) is 21.9 Å². The zero-order valence-electron chi connectivity index (χ0n) is 12.2. The summed E-state index contributed by atoms with van der Waals surface area (Å²) in [5, 5.41) is 18.6. The van der Waals surface area contributed by atoms with Crippen LogP contribution in [0.1, 0.15) is 17.3 Å². The number of carboxylic acids is 1. The van der Waals surface area contributed by atoms with Crippen LogP contribution in [0.25, 0.3) is 0 Å². The number of rotatable bonds is 6. The van der Waals surface area contributed by atoms with E-state index >= 15 is 0 Å². The Labute approximate surface area is 133 Å². The van der Waals surface area contributed by atoms with Crippen LogP contribution in [-0.4, -0.2) is 31.2 Å². The molecule has 0 aromatic heterocycles. The van der Waals surface area contributed by atoms with Crippen molar-refractivity contribution in [1.82, 2.24) is 0 Å². The molecule has 0 aliphatic carbocycles. The number of benzene rings is 2. The van der Waals surface area contributed by atoms with Crippen LogP contribution in [0.5, 0.6) is 11.5 Å². The van der Waals surface area contributed by atoms with E-state index in [2.05, 4.69) is 4.72 Å². The standard InChI is InChI=1S/C15H15NO6S/c1-2-22-11-4-6-12(7-5-11)23(20,21)16-13-9-10(15(18)19)3-8-14(13)17/h3-9,16-17H,2H2,1H3,(H,18,19). The number of aromatic carboxylic acids is 1. The summed E-state index contributed by atoms with van der Waals surface area (Å²) in [5.74, 6) is -1.07. The van der Waals surface area contributed by atoms with E-state index in [1.807, 2.05) is 6.92 Å². The van der Waals surface area contributed by atoms with Gasteiger partial charge in [0.1, 0.15) is 11.5 Å². The summed E-state index contributed by atoms with van der Waals surface area (Å²) >= 11 is 0. The summed E-state index contributed by atoms with van der Waals surface area (Å²) in [5.41, 5.74) is -0.356. The quantitative estimate of drug-likeness (QED) is 0.697. The lowest BCUT2D eigenvalue weighted by molar-refractivity contribution is 0.0697. The molecule has 2 aromatic carbocycles. The van der Waals surface area contributed by atoms with Crippen molar-refractivity contribution in [2.45, 2.75) is 11.8 Å². The van der Waals surface area contributed by atoms with Crippen molar-refractivity contribution in [2.24, 2.45) is 0 Å². The number of hydrogen-bond acceptors (Lipinski definition) is 5. The zero-order valence-corrected chi connectivity index (χ0v) is 13.0. The highest BCUT2D eigenvalue weighted by Gasteiger charge is 2.17. The van der Waals surface area contributed by atoms with Crippen LogP contribution in [0.4, 0.5) is 5.69 Å². The first-order valence-electron chi connectivity index (χ1n) is 6.65. The largest absolute Gasteiger partial charge is 0.506 e. The Balaban J connectivity index is 2.30. The van der Waals surface area contributed by atoms with Crippen molar-refractivity contribution >= 4 is 21.7 Å². The molecule has 0 saturated carbocycles. The number of anilines is 1. The molecule has 0 aliphatic rings. The Bertz CT molecular complexity index is 814. The molecule has 2 aromatic rings. The van der Waals surface area contributed by atoms with Gasteiger partial charge in [-0.2, -0.15) is 0 Å². The normalized spacial score (nSPS) is 11.0. The second kappa shape index (κ2) is 6.57. The number of nitrogens with one attached hydrogen (secondary N) is 1. The van der Waals surface area contributed by atoms with E-state index in [0.29, 0.717) is 12.4 Å². The fraction of sp³-hybridized carbons (Fsp3) is 0.133. The van der Waals surface area contributed by atoms with E-state index in [4.69, 9.17) is 9.84 Å². The van der Waals surface area contributed by atoms with E-state index in [1.165, 1.54) is 30.3 Å². The molecule has 0 saturated heterocycles.